The van der Waals surface area contributed by atoms with Gasteiger partial charge in [-0.25, -0.2) is 0 Å². The molecule has 2 aromatic rings. The molecule has 5 heteroatoms. The molecule has 4 N–H and O–H groups in total. The smallest absolute Gasteiger partial charge is 0.261 e. The van der Waals surface area contributed by atoms with Crippen molar-refractivity contribution in [1.82, 2.24) is 10.3 Å². The van der Waals surface area contributed by atoms with Crippen LogP contribution >= 0.6 is 0 Å². The number of benzene rings is 1. The molecule has 1 aromatic heterocycles. The average Bonchev–Trinajstić information content (AvgIpc) is 2.68. The van der Waals surface area contributed by atoms with Gasteiger partial charge < -0.3 is 16.0 Å². The molecule has 0 fully saturated rings. The zero-order chi connectivity index (χ0) is 16.4. The molecule has 0 aliphatic heterocycles. The molecule has 0 saturated heterocycles. The van der Waals surface area contributed by atoms with E-state index in [1.165, 1.54) is 6.20 Å². The van der Waals surface area contributed by atoms with Crippen LogP contribution in [0.5, 0.6) is 0 Å². The molecular weight excluding hydrogens is 290 g/mol. The van der Waals surface area contributed by atoms with Gasteiger partial charge in [-0.3, -0.25) is 9.59 Å². The summed E-state index contributed by atoms with van der Waals surface area (Å²) in [5, 5.41) is 3.21. The van der Waals surface area contributed by atoms with E-state index in [0.29, 0.717) is 22.3 Å². The van der Waals surface area contributed by atoms with Crippen molar-refractivity contribution in [2.45, 2.75) is 6.92 Å². The zero-order valence-electron chi connectivity index (χ0n) is 12.7. The first-order chi connectivity index (χ1) is 11.0. The van der Waals surface area contributed by atoms with Crippen LogP contribution in [0.3, 0.4) is 0 Å². The Kier molecular flexibility index (Phi) is 3.85. The molecule has 1 atom stereocenters. The van der Waals surface area contributed by atoms with Crippen molar-refractivity contribution < 1.29 is 4.79 Å². The minimum Gasteiger partial charge on any atom is -0.399 e. The highest BCUT2D eigenvalue weighted by molar-refractivity contribution is 5.98. The fourth-order valence-corrected chi connectivity index (χ4v) is 2.50. The Bertz CT molecular complexity index is 919. The van der Waals surface area contributed by atoms with Gasteiger partial charge in [0.25, 0.3) is 5.91 Å². The predicted octanol–water partition coefficient (Wildman–Crippen LogP) is 2.19. The fourth-order valence-electron chi connectivity index (χ4n) is 2.50. The van der Waals surface area contributed by atoms with E-state index in [1.54, 1.807) is 30.4 Å². The van der Waals surface area contributed by atoms with Gasteiger partial charge in [-0.05, 0) is 30.2 Å². The first-order valence-corrected chi connectivity index (χ1v) is 7.33. The average molecular weight is 307 g/mol. The number of aromatic amines is 1. The Morgan fingerprint density at radius 1 is 1.30 bits per heavy atom. The number of hydrogen-bond donors (Lipinski definition) is 3. The third-order valence-corrected chi connectivity index (χ3v) is 3.65. The number of nitrogens with one attached hydrogen (secondary N) is 2. The number of pyridine rings is 1. The minimum atomic E-state index is -0.463. The SMILES string of the molecule is CC1C=CC(NC(=O)c2c[nH]c3ccccc3c2=O)=CC(N)=C1. The maximum atomic E-state index is 12.4. The Morgan fingerprint density at radius 3 is 2.91 bits per heavy atom. The molecule has 0 bridgehead atoms. The van der Waals surface area contributed by atoms with Gasteiger partial charge in [-0.15, -0.1) is 0 Å². The molecule has 23 heavy (non-hydrogen) atoms. The summed E-state index contributed by atoms with van der Waals surface area (Å²) >= 11 is 0. The maximum absolute atomic E-state index is 12.4. The van der Waals surface area contributed by atoms with E-state index in [-0.39, 0.29) is 16.9 Å². The third kappa shape index (κ3) is 3.08. The second-order valence-electron chi connectivity index (χ2n) is 5.52. The summed E-state index contributed by atoms with van der Waals surface area (Å²) in [5.74, 6) is -0.278. The summed E-state index contributed by atoms with van der Waals surface area (Å²) in [5.41, 5.74) is 7.46. The Hall–Kier alpha value is -3.08. The first kappa shape index (κ1) is 14.8. The van der Waals surface area contributed by atoms with Crippen LogP contribution in [0.2, 0.25) is 0 Å². The highest BCUT2D eigenvalue weighted by atomic mass is 16.2. The molecule has 0 radical (unpaired) electrons. The van der Waals surface area contributed by atoms with E-state index >= 15 is 0 Å². The summed E-state index contributed by atoms with van der Waals surface area (Å²) in [7, 11) is 0. The first-order valence-electron chi connectivity index (χ1n) is 7.33. The lowest BCUT2D eigenvalue weighted by atomic mass is 10.1. The van der Waals surface area contributed by atoms with E-state index in [1.807, 2.05) is 25.1 Å². The summed E-state index contributed by atoms with van der Waals surface area (Å²) in [6.45, 7) is 2.00. The van der Waals surface area contributed by atoms with Crippen LogP contribution in [0.25, 0.3) is 10.9 Å². The van der Waals surface area contributed by atoms with Gasteiger partial charge in [-0.2, -0.15) is 0 Å². The van der Waals surface area contributed by atoms with E-state index < -0.39 is 5.91 Å². The van der Waals surface area contributed by atoms with Crippen molar-refractivity contribution in [2.75, 3.05) is 0 Å². The largest absolute Gasteiger partial charge is 0.399 e. The van der Waals surface area contributed by atoms with E-state index in [4.69, 9.17) is 5.73 Å². The van der Waals surface area contributed by atoms with Crippen LogP contribution in [0.4, 0.5) is 0 Å². The van der Waals surface area contributed by atoms with Crippen molar-refractivity contribution in [3.63, 3.8) is 0 Å². The second-order valence-corrected chi connectivity index (χ2v) is 5.52. The lowest BCUT2D eigenvalue weighted by Gasteiger charge is -2.06. The summed E-state index contributed by atoms with van der Waals surface area (Å²) < 4.78 is 0. The lowest BCUT2D eigenvalue weighted by molar-refractivity contribution is 0.0966. The topological polar surface area (TPSA) is 88.0 Å². The van der Waals surface area contributed by atoms with Gasteiger partial charge in [0.2, 0.25) is 5.43 Å². The van der Waals surface area contributed by atoms with Gasteiger partial charge in [0.1, 0.15) is 5.56 Å². The van der Waals surface area contributed by atoms with Crippen molar-refractivity contribution in [2.24, 2.45) is 11.7 Å². The summed E-state index contributed by atoms with van der Waals surface area (Å²) in [6, 6.07) is 7.08. The molecule has 1 aliphatic rings. The number of allylic oxidation sites excluding steroid dienone is 4. The Morgan fingerprint density at radius 2 is 2.09 bits per heavy atom. The number of carbonyl (C=O) groups is 1. The van der Waals surface area contributed by atoms with E-state index in [2.05, 4.69) is 10.3 Å². The monoisotopic (exact) mass is 307 g/mol. The molecular formula is C18H17N3O2. The van der Waals surface area contributed by atoms with Gasteiger partial charge >= 0.3 is 0 Å². The molecule has 1 heterocycles. The fraction of sp³-hybridized carbons (Fsp3) is 0.111. The van der Waals surface area contributed by atoms with Crippen LogP contribution in [0.15, 0.2) is 71.0 Å². The molecule has 1 unspecified atom stereocenters. The molecule has 0 saturated carbocycles. The highest BCUT2D eigenvalue weighted by Crippen LogP contribution is 2.12. The number of fused-ring (bicyclic) bond motifs is 1. The van der Waals surface area contributed by atoms with Crippen LogP contribution in [-0.2, 0) is 0 Å². The minimum absolute atomic E-state index is 0.0675. The van der Waals surface area contributed by atoms with Crippen molar-refractivity contribution >= 4 is 16.8 Å². The number of hydrogen-bond acceptors (Lipinski definition) is 3. The van der Waals surface area contributed by atoms with Crippen molar-refractivity contribution in [3.8, 4) is 0 Å². The Balaban J connectivity index is 1.93. The van der Waals surface area contributed by atoms with Crippen LogP contribution < -0.4 is 16.5 Å². The van der Waals surface area contributed by atoms with Gasteiger partial charge in [0, 0.05) is 28.5 Å². The molecule has 1 aromatic carbocycles. The van der Waals surface area contributed by atoms with Crippen LogP contribution in [0, 0.1) is 5.92 Å². The highest BCUT2D eigenvalue weighted by Gasteiger charge is 2.14. The van der Waals surface area contributed by atoms with Crippen molar-refractivity contribution in [3.05, 3.63) is 81.9 Å². The number of carbonyl (C=O) groups excluding carboxylic acids is 1. The van der Waals surface area contributed by atoms with Crippen molar-refractivity contribution in [1.29, 1.82) is 0 Å². The standard InChI is InChI=1S/C18H17N3O2/c1-11-6-7-13(9-12(19)8-11)21-18(23)15-10-20-16-5-3-2-4-14(16)17(15)22/h2-11H,19H2,1H3,(H,20,22)(H,21,23). The summed E-state index contributed by atoms with van der Waals surface area (Å²) in [4.78, 5) is 27.8. The summed E-state index contributed by atoms with van der Waals surface area (Å²) in [6.07, 6.45) is 8.71. The molecule has 1 aliphatic carbocycles. The Labute approximate surface area is 133 Å². The zero-order valence-corrected chi connectivity index (χ0v) is 12.7. The molecule has 116 valence electrons. The number of rotatable bonds is 2. The van der Waals surface area contributed by atoms with E-state index in [9.17, 15) is 9.59 Å². The molecule has 5 nitrogen and oxygen atoms in total. The third-order valence-electron chi connectivity index (χ3n) is 3.65. The molecule has 3 rings (SSSR count). The number of amides is 1. The van der Waals surface area contributed by atoms with Crippen LogP contribution in [-0.4, -0.2) is 10.9 Å². The lowest BCUT2D eigenvalue weighted by Crippen LogP contribution is -2.28. The van der Waals surface area contributed by atoms with Gasteiger partial charge in [-0.1, -0.05) is 31.2 Å². The maximum Gasteiger partial charge on any atom is 0.261 e. The normalized spacial score (nSPS) is 17.3. The van der Waals surface area contributed by atoms with E-state index in [0.717, 1.165) is 0 Å². The predicted molar refractivity (Wildman–Crippen MR) is 90.7 cm³/mol. The quantitative estimate of drug-likeness (QED) is 0.794. The van der Waals surface area contributed by atoms with Gasteiger partial charge in [0.05, 0.1) is 0 Å². The van der Waals surface area contributed by atoms with Crippen LogP contribution in [0.1, 0.15) is 17.3 Å². The number of nitrogens with two attached hydrogens (primary N) is 1. The van der Waals surface area contributed by atoms with Gasteiger partial charge in [0.15, 0.2) is 0 Å². The second kappa shape index (κ2) is 5.96. The molecule has 0 spiro atoms. The molecule has 1 amide bonds. The number of para-hydroxylation sites is 1. The number of H-pyrrole nitrogens is 1. The number of aromatic nitrogens is 1.